The first-order valence-electron chi connectivity index (χ1n) is 4.78. The molecule has 76 valence electrons. The van der Waals surface area contributed by atoms with Crippen molar-refractivity contribution in [3.63, 3.8) is 0 Å². The average Bonchev–Trinajstić information content (AvgIpc) is 2.13. The van der Waals surface area contributed by atoms with Gasteiger partial charge in [-0.25, -0.2) is 0 Å². The fourth-order valence-electron chi connectivity index (χ4n) is 1.46. The van der Waals surface area contributed by atoms with Crippen molar-refractivity contribution in [3.8, 4) is 5.75 Å². The Morgan fingerprint density at radius 2 is 2.21 bits per heavy atom. The fourth-order valence-corrected chi connectivity index (χ4v) is 1.46. The standard InChI is InChI=1S/C11H15NO2/c1-8-3-4-10(11(5-8)13-2)12-9-6-14-7-9/h3-5,9,12H,6-7H2,1-2H3. The van der Waals surface area contributed by atoms with E-state index < -0.39 is 0 Å². The van der Waals surface area contributed by atoms with Crippen LogP contribution in [0.1, 0.15) is 5.56 Å². The van der Waals surface area contributed by atoms with Gasteiger partial charge in [0.15, 0.2) is 0 Å². The summed E-state index contributed by atoms with van der Waals surface area (Å²) in [6, 6.07) is 6.59. The molecule has 1 aromatic carbocycles. The van der Waals surface area contributed by atoms with E-state index in [2.05, 4.69) is 18.3 Å². The molecule has 14 heavy (non-hydrogen) atoms. The van der Waals surface area contributed by atoms with Crippen molar-refractivity contribution in [3.05, 3.63) is 23.8 Å². The van der Waals surface area contributed by atoms with Crippen molar-refractivity contribution >= 4 is 5.69 Å². The number of nitrogens with one attached hydrogen (secondary N) is 1. The van der Waals surface area contributed by atoms with Gasteiger partial charge in [0.1, 0.15) is 5.75 Å². The molecule has 1 N–H and O–H groups in total. The highest BCUT2D eigenvalue weighted by molar-refractivity contribution is 5.58. The zero-order chi connectivity index (χ0) is 9.97. The number of aryl methyl sites for hydroxylation is 1. The van der Waals surface area contributed by atoms with E-state index in [1.54, 1.807) is 7.11 Å². The van der Waals surface area contributed by atoms with Crippen LogP contribution < -0.4 is 10.1 Å². The molecule has 0 amide bonds. The van der Waals surface area contributed by atoms with E-state index >= 15 is 0 Å². The summed E-state index contributed by atoms with van der Waals surface area (Å²) >= 11 is 0. The highest BCUT2D eigenvalue weighted by Crippen LogP contribution is 2.26. The van der Waals surface area contributed by atoms with Crippen molar-refractivity contribution in [2.24, 2.45) is 0 Å². The third-order valence-corrected chi connectivity index (χ3v) is 2.35. The lowest BCUT2D eigenvalue weighted by Gasteiger charge is -2.28. The van der Waals surface area contributed by atoms with Crippen molar-refractivity contribution < 1.29 is 9.47 Å². The monoisotopic (exact) mass is 193 g/mol. The Labute approximate surface area is 84.0 Å². The predicted molar refractivity (Wildman–Crippen MR) is 56.0 cm³/mol. The summed E-state index contributed by atoms with van der Waals surface area (Å²) < 4.78 is 10.4. The number of ether oxygens (including phenoxy) is 2. The number of rotatable bonds is 3. The highest BCUT2D eigenvalue weighted by Gasteiger charge is 2.18. The molecule has 0 aromatic heterocycles. The summed E-state index contributed by atoms with van der Waals surface area (Å²) in [5.41, 5.74) is 2.25. The normalized spacial score (nSPS) is 16.1. The Kier molecular flexibility index (Phi) is 2.59. The minimum Gasteiger partial charge on any atom is -0.495 e. The Hall–Kier alpha value is -1.22. The van der Waals surface area contributed by atoms with Crippen molar-refractivity contribution in [2.45, 2.75) is 13.0 Å². The number of anilines is 1. The Morgan fingerprint density at radius 1 is 1.43 bits per heavy atom. The fraction of sp³-hybridized carbons (Fsp3) is 0.455. The summed E-state index contributed by atoms with van der Waals surface area (Å²) in [5, 5.41) is 3.38. The van der Waals surface area contributed by atoms with Gasteiger partial charge in [0.05, 0.1) is 32.1 Å². The van der Waals surface area contributed by atoms with Gasteiger partial charge in [0.2, 0.25) is 0 Å². The smallest absolute Gasteiger partial charge is 0.142 e. The van der Waals surface area contributed by atoms with Gasteiger partial charge >= 0.3 is 0 Å². The molecule has 1 heterocycles. The van der Waals surface area contributed by atoms with Crippen LogP contribution in [0.25, 0.3) is 0 Å². The Bertz CT molecular complexity index is 321. The maximum absolute atomic E-state index is 5.29. The Morgan fingerprint density at radius 3 is 2.79 bits per heavy atom. The molecule has 0 aliphatic carbocycles. The number of benzene rings is 1. The quantitative estimate of drug-likeness (QED) is 0.794. The second-order valence-corrected chi connectivity index (χ2v) is 3.58. The van der Waals surface area contributed by atoms with Crippen LogP contribution in [-0.4, -0.2) is 26.4 Å². The van der Waals surface area contributed by atoms with Gasteiger partial charge in [-0.1, -0.05) is 6.07 Å². The van der Waals surface area contributed by atoms with Crippen LogP contribution in [0.5, 0.6) is 5.75 Å². The molecule has 1 aliphatic rings. The molecule has 0 unspecified atom stereocenters. The molecule has 0 bridgehead atoms. The lowest BCUT2D eigenvalue weighted by atomic mass is 10.2. The predicted octanol–water partition coefficient (Wildman–Crippen LogP) is 1.81. The van der Waals surface area contributed by atoms with Crippen LogP contribution >= 0.6 is 0 Å². The molecule has 3 heteroatoms. The van der Waals surface area contributed by atoms with Crippen LogP contribution in [0.15, 0.2) is 18.2 Å². The van der Waals surface area contributed by atoms with Crippen LogP contribution in [0.2, 0.25) is 0 Å². The number of hydrogen-bond acceptors (Lipinski definition) is 3. The molecule has 3 nitrogen and oxygen atoms in total. The van der Waals surface area contributed by atoms with Crippen LogP contribution in [0, 0.1) is 6.92 Å². The second-order valence-electron chi connectivity index (χ2n) is 3.58. The summed E-state index contributed by atoms with van der Waals surface area (Å²) in [5.74, 6) is 0.900. The van der Waals surface area contributed by atoms with Gasteiger partial charge < -0.3 is 14.8 Å². The Balaban J connectivity index is 2.14. The van der Waals surface area contributed by atoms with E-state index in [0.717, 1.165) is 24.7 Å². The van der Waals surface area contributed by atoms with Crippen LogP contribution in [-0.2, 0) is 4.74 Å². The minimum atomic E-state index is 0.437. The van der Waals surface area contributed by atoms with Crippen molar-refractivity contribution in [1.29, 1.82) is 0 Å². The summed E-state index contributed by atoms with van der Waals surface area (Å²) in [6.45, 7) is 3.63. The van der Waals surface area contributed by atoms with E-state index in [1.807, 2.05) is 12.1 Å². The summed E-state index contributed by atoms with van der Waals surface area (Å²) in [7, 11) is 1.69. The molecule has 0 saturated carbocycles. The molecular formula is C11H15NO2. The summed E-state index contributed by atoms with van der Waals surface area (Å²) in [6.07, 6.45) is 0. The van der Waals surface area contributed by atoms with Crippen LogP contribution in [0.3, 0.4) is 0 Å². The highest BCUT2D eigenvalue weighted by atomic mass is 16.5. The SMILES string of the molecule is COc1cc(C)ccc1NC1COC1. The summed E-state index contributed by atoms with van der Waals surface area (Å²) in [4.78, 5) is 0. The van der Waals surface area contributed by atoms with Gasteiger partial charge in [-0.05, 0) is 24.6 Å². The zero-order valence-corrected chi connectivity index (χ0v) is 8.54. The van der Waals surface area contributed by atoms with Gasteiger partial charge in [-0.15, -0.1) is 0 Å². The third-order valence-electron chi connectivity index (χ3n) is 2.35. The molecule has 0 spiro atoms. The maximum Gasteiger partial charge on any atom is 0.142 e. The minimum absolute atomic E-state index is 0.437. The van der Waals surface area contributed by atoms with Gasteiger partial charge in [0.25, 0.3) is 0 Å². The largest absolute Gasteiger partial charge is 0.495 e. The molecule has 0 radical (unpaired) electrons. The second kappa shape index (κ2) is 3.88. The van der Waals surface area contributed by atoms with E-state index in [4.69, 9.17) is 9.47 Å². The molecule has 1 saturated heterocycles. The molecule has 0 atom stereocenters. The number of hydrogen-bond donors (Lipinski definition) is 1. The van der Waals surface area contributed by atoms with Crippen molar-refractivity contribution in [2.75, 3.05) is 25.6 Å². The van der Waals surface area contributed by atoms with Crippen LogP contribution in [0.4, 0.5) is 5.69 Å². The van der Waals surface area contributed by atoms with E-state index in [9.17, 15) is 0 Å². The maximum atomic E-state index is 5.29. The van der Waals surface area contributed by atoms with Gasteiger partial charge in [-0.3, -0.25) is 0 Å². The number of methoxy groups -OCH3 is 1. The molecule has 1 fully saturated rings. The first-order valence-corrected chi connectivity index (χ1v) is 4.78. The topological polar surface area (TPSA) is 30.5 Å². The van der Waals surface area contributed by atoms with E-state index in [-0.39, 0.29) is 0 Å². The lowest BCUT2D eigenvalue weighted by molar-refractivity contribution is 0.0210. The van der Waals surface area contributed by atoms with E-state index in [1.165, 1.54) is 5.56 Å². The molecule has 1 aliphatic heterocycles. The molecular weight excluding hydrogens is 178 g/mol. The van der Waals surface area contributed by atoms with Gasteiger partial charge in [0, 0.05) is 0 Å². The molecule has 1 aromatic rings. The molecule has 2 rings (SSSR count). The average molecular weight is 193 g/mol. The first-order chi connectivity index (χ1) is 6.79. The van der Waals surface area contributed by atoms with Gasteiger partial charge in [-0.2, -0.15) is 0 Å². The van der Waals surface area contributed by atoms with E-state index in [0.29, 0.717) is 6.04 Å². The lowest BCUT2D eigenvalue weighted by Crippen LogP contribution is -2.40. The third kappa shape index (κ3) is 1.82. The first kappa shape index (κ1) is 9.34. The zero-order valence-electron chi connectivity index (χ0n) is 8.54. The van der Waals surface area contributed by atoms with Crippen molar-refractivity contribution in [1.82, 2.24) is 0 Å².